The van der Waals surface area contributed by atoms with E-state index in [0.29, 0.717) is 10.4 Å². The predicted molar refractivity (Wildman–Crippen MR) is 228 cm³/mol. The van der Waals surface area contributed by atoms with Crippen molar-refractivity contribution in [2.75, 3.05) is 6.54 Å². The summed E-state index contributed by atoms with van der Waals surface area (Å²) in [7, 11) is 0. The zero-order valence-corrected chi connectivity index (χ0v) is 35.4. The van der Waals surface area contributed by atoms with Gasteiger partial charge in [0.1, 0.15) is 6.20 Å². The quantitative estimate of drug-likeness (QED) is 0.0458. The molecule has 0 saturated carbocycles. The molecule has 0 aromatic rings. The summed E-state index contributed by atoms with van der Waals surface area (Å²) in [5, 5.41) is 0. The maximum absolute atomic E-state index is 14.0. The largest absolute Gasteiger partial charge is 0.324 e. The topological polar surface area (TPSA) is 29.4 Å². The molecule has 1 aliphatic heterocycles. The molecular weight excluding hydrogens is 621 g/mol. The van der Waals surface area contributed by atoms with Gasteiger partial charge in [-0.2, -0.15) is 4.48 Å². The second-order valence-electron chi connectivity index (χ2n) is 16.7. The summed E-state index contributed by atoms with van der Waals surface area (Å²) in [6.45, 7) is 7.83. The van der Waals surface area contributed by atoms with Crippen molar-refractivity contribution >= 4 is 11.7 Å². The normalized spacial score (nSPS) is 15.6. The molecule has 0 aromatic carbocycles. The van der Waals surface area contributed by atoms with E-state index in [1.165, 1.54) is 231 Å². The fourth-order valence-corrected chi connectivity index (χ4v) is 8.24. The number of hydrogen-bond donors (Lipinski definition) is 0. The average molecular weight is 714 g/mol. The Morgan fingerprint density at radius 3 is 1.06 bits per heavy atom. The molecule has 0 aromatic heterocycles. The number of aliphatic imine (C=N–C) groups is 1. The van der Waals surface area contributed by atoms with Crippen LogP contribution in [0.3, 0.4) is 0 Å². The van der Waals surface area contributed by atoms with Crippen LogP contribution in [0, 0.1) is 0 Å². The van der Waals surface area contributed by atoms with Crippen LogP contribution >= 0.6 is 0 Å². The third kappa shape index (κ3) is 27.3. The number of nitrogens with zero attached hydrogens (tertiary/aromatic N) is 2. The summed E-state index contributed by atoms with van der Waals surface area (Å²) >= 11 is 0. The van der Waals surface area contributed by atoms with Crippen molar-refractivity contribution in [3.63, 3.8) is 0 Å². The monoisotopic (exact) mass is 714 g/mol. The lowest BCUT2D eigenvalue weighted by Crippen LogP contribution is -2.52. The first-order valence-electron chi connectivity index (χ1n) is 23.9. The molecule has 0 N–H and O–H groups in total. The lowest BCUT2D eigenvalue weighted by Gasteiger charge is -2.30. The van der Waals surface area contributed by atoms with Crippen molar-refractivity contribution < 1.29 is 9.28 Å². The number of amidine groups is 1. The lowest BCUT2D eigenvalue weighted by atomic mass is 10.0. The molecule has 3 heteroatoms. The Kier molecular flexibility index (Phi) is 35.2. The minimum atomic E-state index is 0.418. The van der Waals surface area contributed by atoms with Crippen LogP contribution in [0.1, 0.15) is 278 Å². The van der Waals surface area contributed by atoms with Crippen LogP contribution in [0.4, 0.5) is 0 Å². The van der Waals surface area contributed by atoms with E-state index in [1.54, 1.807) is 0 Å². The Bertz CT molecular complexity index is 803. The fourth-order valence-electron chi connectivity index (χ4n) is 8.24. The van der Waals surface area contributed by atoms with Crippen LogP contribution < -0.4 is 0 Å². The maximum atomic E-state index is 14.0. The Hall–Kier alpha value is -0.960. The van der Waals surface area contributed by atoms with E-state index in [1.807, 2.05) is 6.20 Å². The van der Waals surface area contributed by atoms with E-state index < -0.39 is 0 Å². The summed E-state index contributed by atoms with van der Waals surface area (Å²) in [6, 6.07) is 0. The first kappa shape index (κ1) is 48.1. The van der Waals surface area contributed by atoms with Gasteiger partial charge in [0.25, 0.3) is 0 Å². The van der Waals surface area contributed by atoms with Gasteiger partial charge in [0.2, 0.25) is 5.84 Å². The molecule has 1 amide bonds. The van der Waals surface area contributed by atoms with E-state index in [9.17, 15) is 4.79 Å². The van der Waals surface area contributed by atoms with Gasteiger partial charge in [0, 0.05) is 6.42 Å². The molecule has 51 heavy (non-hydrogen) atoms. The number of quaternary nitrogens is 1. The zero-order chi connectivity index (χ0) is 36.8. The molecule has 0 bridgehead atoms. The molecule has 1 atom stereocenters. The standard InChI is InChI=1S/C48H93N2O/c1-4-7-10-13-16-19-21-23-25-26-28-31-33-36-39-42-47-49-44-46-50(47,48(51)43-40-37-34-30-18-15-12-9-6-3)45-41-38-35-32-29-27-24-22-20-17-14-11-8-5-2/h44,46H,4-43,45H2,1-3H3/q+1. The molecule has 0 radical (unpaired) electrons. The van der Waals surface area contributed by atoms with Crippen molar-refractivity contribution in [1.29, 1.82) is 0 Å². The van der Waals surface area contributed by atoms with Crippen molar-refractivity contribution in [3.05, 3.63) is 12.4 Å². The number of carbonyl (C=O) groups excluding carboxylic acids is 1. The Balaban J connectivity index is 2.34. The van der Waals surface area contributed by atoms with Gasteiger partial charge in [-0.1, -0.05) is 239 Å². The summed E-state index contributed by atoms with van der Waals surface area (Å²) in [5.74, 6) is 1.57. The number of rotatable bonds is 41. The zero-order valence-electron chi connectivity index (χ0n) is 35.4. The molecule has 1 aliphatic rings. The average Bonchev–Trinajstić information content (AvgIpc) is 3.56. The van der Waals surface area contributed by atoms with E-state index in [0.717, 1.165) is 38.1 Å². The van der Waals surface area contributed by atoms with E-state index in [4.69, 9.17) is 4.99 Å². The van der Waals surface area contributed by atoms with Crippen LogP contribution in [0.25, 0.3) is 0 Å². The van der Waals surface area contributed by atoms with Gasteiger partial charge in [-0.25, -0.2) is 9.79 Å². The molecular formula is C48H93N2O+. The third-order valence-electron chi connectivity index (χ3n) is 11.8. The van der Waals surface area contributed by atoms with Gasteiger partial charge in [0.05, 0.1) is 19.2 Å². The van der Waals surface area contributed by atoms with E-state index >= 15 is 0 Å². The summed E-state index contributed by atoms with van der Waals surface area (Å²) < 4.78 is 0.452. The van der Waals surface area contributed by atoms with Crippen molar-refractivity contribution in [3.8, 4) is 0 Å². The Labute approximate surface area is 321 Å². The molecule has 300 valence electrons. The Morgan fingerprint density at radius 1 is 0.412 bits per heavy atom. The molecule has 1 rings (SSSR count). The van der Waals surface area contributed by atoms with Gasteiger partial charge < -0.3 is 0 Å². The molecule has 1 unspecified atom stereocenters. The van der Waals surface area contributed by atoms with Crippen LogP contribution in [0.15, 0.2) is 17.4 Å². The minimum Gasteiger partial charge on any atom is -0.230 e. The molecule has 0 saturated heterocycles. The SMILES string of the molecule is CCCCCCCCCCCCCCCCCC1=NC=C[N+]1(CCCCCCCCCCCCCCCC)C(=O)CCCCCCCCCCC. The van der Waals surface area contributed by atoms with Crippen molar-refractivity contribution in [1.82, 2.24) is 0 Å². The van der Waals surface area contributed by atoms with E-state index in [-0.39, 0.29) is 0 Å². The van der Waals surface area contributed by atoms with Crippen LogP contribution in [0.5, 0.6) is 0 Å². The third-order valence-corrected chi connectivity index (χ3v) is 11.8. The van der Waals surface area contributed by atoms with Crippen LogP contribution in [-0.2, 0) is 4.79 Å². The highest BCUT2D eigenvalue weighted by Crippen LogP contribution is 2.26. The summed E-state index contributed by atoms with van der Waals surface area (Å²) in [4.78, 5) is 18.8. The number of carbonyl (C=O) groups is 1. The highest BCUT2D eigenvalue weighted by molar-refractivity contribution is 5.90. The first-order chi connectivity index (χ1) is 25.2. The fraction of sp³-hybridized carbons (Fsp3) is 0.917. The molecule has 1 heterocycles. The van der Waals surface area contributed by atoms with Crippen LogP contribution in [0.2, 0.25) is 0 Å². The number of unbranched alkanes of at least 4 members (excludes halogenated alkanes) is 35. The predicted octanol–water partition coefficient (Wildman–Crippen LogP) is 16.9. The molecule has 0 fully saturated rings. The molecule has 0 aliphatic carbocycles. The number of amides is 1. The summed E-state index contributed by atoms with van der Waals surface area (Å²) in [5.41, 5.74) is 0. The van der Waals surface area contributed by atoms with E-state index in [2.05, 4.69) is 27.0 Å². The minimum absolute atomic E-state index is 0.418. The smallest absolute Gasteiger partial charge is 0.230 e. The molecule has 0 spiro atoms. The van der Waals surface area contributed by atoms with Gasteiger partial charge in [-0.3, -0.25) is 0 Å². The van der Waals surface area contributed by atoms with Crippen molar-refractivity contribution in [2.24, 2.45) is 4.99 Å². The Morgan fingerprint density at radius 2 is 0.706 bits per heavy atom. The highest BCUT2D eigenvalue weighted by Gasteiger charge is 2.41. The second kappa shape index (κ2) is 37.4. The second-order valence-corrected chi connectivity index (χ2v) is 16.7. The van der Waals surface area contributed by atoms with Gasteiger partial charge in [0.15, 0.2) is 0 Å². The van der Waals surface area contributed by atoms with Gasteiger partial charge in [-0.05, 0) is 25.7 Å². The first-order valence-corrected chi connectivity index (χ1v) is 23.9. The van der Waals surface area contributed by atoms with Crippen LogP contribution in [-0.4, -0.2) is 22.8 Å². The molecule has 3 nitrogen and oxygen atoms in total. The summed E-state index contributed by atoms with van der Waals surface area (Å²) in [6.07, 6.45) is 57.7. The van der Waals surface area contributed by atoms with Gasteiger partial charge >= 0.3 is 5.91 Å². The highest BCUT2D eigenvalue weighted by atomic mass is 16.2. The van der Waals surface area contributed by atoms with Gasteiger partial charge in [-0.15, -0.1) is 0 Å². The maximum Gasteiger partial charge on any atom is 0.324 e. The number of hydrogen-bond acceptors (Lipinski definition) is 2. The lowest BCUT2D eigenvalue weighted by molar-refractivity contribution is -0.708. The van der Waals surface area contributed by atoms with Crippen molar-refractivity contribution in [2.45, 2.75) is 278 Å².